The van der Waals surface area contributed by atoms with Crippen LogP contribution in [0.25, 0.3) is 0 Å². The Morgan fingerprint density at radius 1 is 1.42 bits per heavy atom. The fourth-order valence-corrected chi connectivity index (χ4v) is 2.64. The Bertz CT molecular complexity index is 368. The summed E-state index contributed by atoms with van der Waals surface area (Å²) in [7, 11) is 2.19. The van der Waals surface area contributed by atoms with Gasteiger partial charge in [0.25, 0.3) is 0 Å². The van der Waals surface area contributed by atoms with Crippen LogP contribution in [-0.4, -0.2) is 36.1 Å². The van der Waals surface area contributed by atoms with Crippen LogP contribution >= 0.6 is 11.3 Å². The summed E-state index contributed by atoms with van der Waals surface area (Å²) >= 11 is 1.77. The number of rotatable bonds is 7. The smallest absolute Gasteiger partial charge is 0.0982 e. The molecule has 110 valence electrons. The van der Waals surface area contributed by atoms with E-state index in [-0.39, 0.29) is 5.41 Å². The molecule has 3 nitrogen and oxygen atoms in total. The molecule has 0 aliphatic rings. The summed E-state index contributed by atoms with van der Waals surface area (Å²) in [6, 6.07) is 0.661. The number of aromatic nitrogens is 1. The molecule has 1 aromatic heterocycles. The highest BCUT2D eigenvalue weighted by Crippen LogP contribution is 2.25. The summed E-state index contributed by atoms with van der Waals surface area (Å²) in [6.45, 7) is 14.1. The van der Waals surface area contributed by atoms with Crippen molar-refractivity contribution in [1.29, 1.82) is 0 Å². The molecule has 1 rings (SSSR count). The van der Waals surface area contributed by atoms with Crippen LogP contribution in [0.3, 0.4) is 0 Å². The normalized spacial score (nSPS) is 14.1. The number of hydrogen-bond donors (Lipinski definition) is 1. The van der Waals surface area contributed by atoms with E-state index >= 15 is 0 Å². The van der Waals surface area contributed by atoms with E-state index in [1.807, 2.05) is 0 Å². The summed E-state index contributed by atoms with van der Waals surface area (Å²) in [5.41, 5.74) is 1.33. The number of thiazole rings is 1. The van der Waals surface area contributed by atoms with E-state index in [0.717, 1.165) is 19.6 Å². The van der Waals surface area contributed by atoms with E-state index in [4.69, 9.17) is 4.98 Å². The van der Waals surface area contributed by atoms with Gasteiger partial charge in [-0.3, -0.25) is 0 Å². The molecule has 0 aliphatic heterocycles. The summed E-state index contributed by atoms with van der Waals surface area (Å²) in [5.74, 6) is 0. The second kappa shape index (κ2) is 7.36. The average Bonchev–Trinajstić information content (AvgIpc) is 2.81. The lowest BCUT2D eigenvalue weighted by Crippen LogP contribution is -2.34. The molecule has 0 saturated heterocycles. The molecule has 0 fully saturated rings. The van der Waals surface area contributed by atoms with Crippen molar-refractivity contribution >= 4 is 11.3 Å². The fraction of sp³-hybridized carbons (Fsp3) is 0.800. The number of nitrogens with one attached hydrogen (secondary N) is 1. The Balaban J connectivity index is 2.28. The Labute approximate surface area is 122 Å². The third kappa shape index (κ3) is 5.59. The predicted molar refractivity (Wildman–Crippen MR) is 84.9 cm³/mol. The van der Waals surface area contributed by atoms with E-state index in [1.54, 1.807) is 11.3 Å². The molecule has 1 aromatic rings. The van der Waals surface area contributed by atoms with E-state index in [1.165, 1.54) is 17.1 Å². The Morgan fingerprint density at radius 2 is 2.11 bits per heavy atom. The van der Waals surface area contributed by atoms with E-state index < -0.39 is 0 Å². The molecule has 0 bridgehead atoms. The van der Waals surface area contributed by atoms with Gasteiger partial charge in [0.15, 0.2) is 0 Å². The molecule has 0 saturated carbocycles. The molecule has 0 amide bonds. The Morgan fingerprint density at radius 3 is 2.63 bits per heavy atom. The van der Waals surface area contributed by atoms with Gasteiger partial charge in [-0.25, -0.2) is 4.98 Å². The second-order valence-corrected chi connectivity index (χ2v) is 7.17. The summed E-state index contributed by atoms with van der Waals surface area (Å²) in [4.78, 5) is 7.09. The van der Waals surface area contributed by atoms with Gasteiger partial charge in [-0.05, 0) is 20.4 Å². The monoisotopic (exact) mass is 283 g/mol. The van der Waals surface area contributed by atoms with Gasteiger partial charge >= 0.3 is 0 Å². The van der Waals surface area contributed by atoms with Gasteiger partial charge < -0.3 is 10.2 Å². The first-order valence-electron chi connectivity index (χ1n) is 7.20. The first kappa shape index (κ1) is 16.6. The zero-order valence-electron chi connectivity index (χ0n) is 13.3. The summed E-state index contributed by atoms with van der Waals surface area (Å²) in [6.07, 6.45) is 1.21. The first-order valence-corrected chi connectivity index (χ1v) is 8.08. The maximum absolute atomic E-state index is 4.69. The predicted octanol–water partition coefficient (Wildman–Crippen LogP) is 3.26. The van der Waals surface area contributed by atoms with Crippen molar-refractivity contribution in [2.75, 3.05) is 20.1 Å². The van der Waals surface area contributed by atoms with Crippen LogP contribution in [0.15, 0.2) is 5.38 Å². The van der Waals surface area contributed by atoms with Crippen molar-refractivity contribution in [2.24, 2.45) is 0 Å². The highest BCUT2D eigenvalue weighted by Gasteiger charge is 2.17. The van der Waals surface area contributed by atoms with Gasteiger partial charge in [-0.1, -0.05) is 27.7 Å². The van der Waals surface area contributed by atoms with Crippen molar-refractivity contribution in [3.05, 3.63) is 16.1 Å². The van der Waals surface area contributed by atoms with Crippen LogP contribution in [0, 0.1) is 0 Å². The van der Waals surface area contributed by atoms with Crippen molar-refractivity contribution in [1.82, 2.24) is 15.2 Å². The van der Waals surface area contributed by atoms with Crippen molar-refractivity contribution in [3.63, 3.8) is 0 Å². The molecule has 4 heteroatoms. The van der Waals surface area contributed by atoms with Crippen LogP contribution in [0.4, 0.5) is 0 Å². The molecule has 1 heterocycles. The van der Waals surface area contributed by atoms with E-state index in [0.29, 0.717) is 6.04 Å². The van der Waals surface area contributed by atoms with Crippen molar-refractivity contribution in [3.8, 4) is 0 Å². The lowest BCUT2D eigenvalue weighted by molar-refractivity contribution is 0.251. The lowest BCUT2D eigenvalue weighted by atomic mass is 9.98. The number of hydrogen-bond acceptors (Lipinski definition) is 4. The lowest BCUT2D eigenvalue weighted by Gasteiger charge is -2.23. The molecule has 0 radical (unpaired) electrons. The van der Waals surface area contributed by atoms with Crippen LogP contribution in [0.5, 0.6) is 0 Å². The van der Waals surface area contributed by atoms with Crippen molar-refractivity contribution in [2.45, 2.75) is 59.0 Å². The highest BCUT2D eigenvalue weighted by atomic mass is 32.1. The van der Waals surface area contributed by atoms with Gasteiger partial charge in [0.05, 0.1) is 10.7 Å². The number of likely N-dealkylation sites (N-methyl/N-ethyl adjacent to an activating group) is 1. The number of nitrogens with zero attached hydrogens (tertiary/aromatic N) is 2. The standard InChI is InChI=1S/C15H29N3S/c1-7-12(2)18(6)9-8-16-10-13-11-19-14(17-13)15(3,4)5/h11-12,16H,7-10H2,1-6H3. The van der Waals surface area contributed by atoms with Gasteiger partial charge in [-0.2, -0.15) is 0 Å². The second-order valence-electron chi connectivity index (χ2n) is 6.31. The highest BCUT2D eigenvalue weighted by molar-refractivity contribution is 7.09. The minimum absolute atomic E-state index is 0.166. The molecule has 0 aliphatic carbocycles. The zero-order chi connectivity index (χ0) is 14.5. The topological polar surface area (TPSA) is 28.2 Å². The van der Waals surface area contributed by atoms with Gasteiger partial charge in [0.2, 0.25) is 0 Å². The molecule has 0 spiro atoms. The van der Waals surface area contributed by atoms with Crippen LogP contribution in [0.2, 0.25) is 0 Å². The maximum Gasteiger partial charge on any atom is 0.0982 e. The SMILES string of the molecule is CCC(C)N(C)CCNCc1csc(C(C)(C)C)n1. The molecule has 1 N–H and O–H groups in total. The largest absolute Gasteiger partial charge is 0.310 e. The fourth-order valence-electron chi connectivity index (χ4n) is 1.74. The average molecular weight is 283 g/mol. The van der Waals surface area contributed by atoms with Gasteiger partial charge in [-0.15, -0.1) is 11.3 Å². The molecule has 19 heavy (non-hydrogen) atoms. The van der Waals surface area contributed by atoms with Crippen LogP contribution in [-0.2, 0) is 12.0 Å². The van der Waals surface area contributed by atoms with Gasteiger partial charge in [0, 0.05) is 36.5 Å². The summed E-state index contributed by atoms with van der Waals surface area (Å²) in [5, 5.41) is 6.87. The zero-order valence-corrected chi connectivity index (χ0v) is 14.1. The first-order chi connectivity index (χ1) is 8.84. The Kier molecular flexibility index (Phi) is 6.43. The molecule has 1 unspecified atom stereocenters. The Hall–Kier alpha value is -0.450. The third-order valence-electron chi connectivity index (χ3n) is 3.48. The minimum Gasteiger partial charge on any atom is -0.310 e. The van der Waals surface area contributed by atoms with E-state index in [2.05, 4.69) is 57.3 Å². The van der Waals surface area contributed by atoms with Crippen LogP contribution in [0.1, 0.15) is 51.7 Å². The third-order valence-corrected chi connectivity index (χ3v) is 4.80. The maximum atomic E-state index is 4.69. The minimum atomic E-state index is 0.166. The molecule has 1 atom stereocenters. The summed E-state index contributed by atoms with van der Waals surface area (Å²) < 4.78 is 0. The molecular formula is C15H29N3S. The molecular weight excluding hydrogens is 254 g/mol. The molecule has 0 aromatic carbocycles. The van der Waals surface area contributed by atoms with E-state index in [9.17, 15) is 0 Å². The van der Waals surface area contributed by atoms with Gasteiger partial charge in [0.1, 0.15) is 0 Å². The quantitative estimate of drug-likeness (QED) is 0.779. The van der Waals surface area contributed by atoms with Crippen molar-refractivity contribution < 1.29 is 0 Å². The van der Waals surface area contributed by atoms with Crippen LogP contribution < -0.4 is 5.32 Å².